The fourth-order valence-electron chi connectivity index (χ4n) is 3.44. The Labute approximate surface area is 185 Å². The summed E-state index contributed by atoms with van der Waals surface area (Å²) in [4.78, 5) is 19.5. The second kappa shape index (κ2) is 8.63. The summed E-state index contributed by atoms with van der Waals surface area (Å²) < 4.78 is 5.91. The van der Waals surface area contributed by atoms with E-state index < -0.39 is 4.92 Å². The topological polar surface area (TPSA) is 102 Å². The number of phenols is 1. The standard InChI is InChI=1S/C25H23N3O4/c1-4-15(2)18-7-10-23-22(13-18)27-25(32-23)17-5-8-20(9-6-17)26-14-19-12-21(28(30)31)11-16(3)24(19)29/h5-15,29H,4H2,1-3H3. The maximum atomic E-state index is 11.1. The Hall–Kier alpha value is -4.00. The summed E-state index contributed by atoms with van der Waals surface area (Å²) in [5, 5.41) is 21.2. The number of aromatic hydroxyl groups is 1. The van der Waals surface area contributed by atoms with Crippen molar-refractivity contribution >= 4 is 28.7 Å². The molecule has 162 valence electrons. The molecule has 0 saturated heterocycles. The monoisotopic (exact) mass is 429 g/mol. The molecular weight excluding hydrogens is 406 g/mol. The summed E-state index contributed by atoms with van der Waals surface area (Å²) >= 11 is 0. The molecule has 4 rings (SSSR count). The van der Waals surface area contributed by atoms with E-state index in [1.54, 1.807) is 19.1 Å². The highest BCUT2D eigenvalue weighted by Gasteiger charge is 2.13. The Morgan fingerprint density at radius 2 is 1.94 bits per heavy atom. The van der Waals surface area contributed by atoms with Gasteiger partial charge in [-0.25, -0.2) is 4.98 Å². The van der Waals surface area contributed by atoms with Gasteiger partial charge in [-0.15, -0.1) is 0 Å². The highest BCUT2D eigenvalue weighted by molar-refractivity contribution is 5.87. The predicted octanol–water partition coefficient (Wildman–Crippen LogP) is 6.68. The van der Waals surface area contributed by atoms with Gasteiger partial charge < -0.3 is 9.52 Å². The molecule has 0 aliphatic carbocycles. The molecule has 0 saturated carbocycles. The second-order valence-corrected chi connectivity index (χ2v) is 7.82. The van der Waals surface area contributed by atoms with E-state index in [0.29, 0.717) is 23.1 Å². The number of phenolic OH excluding ortho intramolecular Hbond substituents is 1. The van der Waals surface area contributed by atoms with Crippen LogP contribution in [0.4, 0.5) is 11.4 Å². The number of aromatic nitrogens is 1. The van der Waals surface area contributed by atoms with E-state index in [9.17, 15) is 15.2 Å². The highest BCUT2D eigenvalue weighted by atomic mass is 16.6. The zero-order valence-corrected chi connectivity index (χ0v) is 18.1. The van der Waals surface area contributed by atoms with Crippen LogP contribution in [0.15, 0.2) is 64.0 Å². The van der Waals surface area contributed by atoms with Crippen LogP contribution in [0.5, 0.6) is 5.75 Å². The molecule has 3 aromatic carbocycles. The molecule has 1 heterocycles. The summed E-state index contributed by atoms with van der Waals surface area (Å²) in [6.45, 7) is 5.96. The van der Waals surface area contributed by atoms with Crippen molar-refractivity contribution in [1.82, 2.24) is 4.98 Å². The number of hydrogen-bond acceptors (Lipinski definition) is 6. The van der Waals surface area contributed by atoms with Crippen molar-refractivity contribution < 1.29 is 14.4 Å². The van der Waals surface area contributed by atoms with Crippen LogP contribution in [0, 0.1) is 17.0 Å². The molecule has 0 fully saturated rings. The Morgan fingerprint density at radius 1 is 1.19 bits per heavy atom. The molecule has 4 aromatic rings. The molecule has 7 heteroatoms. The lowest BCUT2D eigenvalue weighted by atomic mass is 9.98. The van der Waals surface area contributed by atoms with Gasteiger partial charge in [-0.05, 0) is 66.8 Å². The molecule has 0 amide bonds. The average Bonchev–Trinajstić information content (AvgIpc) is 3.23. The van der Waals surface area contributed by atoms with Crippen molar-refractivity contribution in [3.05, 3.63) is 81.4 Å². The van der Waals surface area contributed by atoms with E-state index in [2.05, 4.69) is 36.0 Å². The molecule has 1 unspecified atom stereocenters. The molecule has 0 aliphatic heterocycles. The molecule has 0 aliphatic rings. The third-order valence-electron chi connectivity index (χ3n) is 5.59. The summed E-state index contributed by atoms with van der Waals surface area (Å²) in [7, 11) is 0. The Kier molecular flexibility index (Phi) is 5.73. The van der Waals surface area contributed by atoms with E-state index in [4.69, 9.17) is 4.42 Å². The van der Waals surface area contributed by atoms with E-state index in [1.165, 1.54) is 23.9 Å². The zero-order valence-electron chi connectivity index (χ0n) is 18.1. The first-order chi connectivity index (χ1) is 15.4. The van der Waals surface area contributed by atoms with E-state index in [-0.39, 0.29) is 17.0 Å². The molecule has 1 N–H and O–H groups in total. The molecule has 0 spiro atoms. The van der Waals surface area contributed by atoms with Crippen LogP contribution in [-0.2, 0) is 0 Å². The predicted molar refractivity (Wildman–Crippen MR) is 125 cm³/mol. The fraction of sp³-hybridized carbons (Fsp3) is 0.200. The lowest BCUT2D eigenvalue weighted by Crippen LogP contribution is -1.93. The quantitative estimate of drug-likeness (QED) is 0.209. The summed E-state index contributed by atoms with van der Waals surface area (Å²) in [6, 6.07) is 16.0. The van der Waals surface area contributed by atoms with Crippen molar-refractivity contribution in [2.45, 2.75) is 33.1 Å². The summed E-state index contributed by atoms with van der Waals surface area (Å²) in [5.41, 5.74) is 4.88. The molecule has 1 atom stereocenters. The van der Waals surface area contributed by atoms with Gasteiger partial charge in [0.2, 0.25) is 5.89 Å². The molecule has 0 bridgehead atoms. The van der Waals surface area contributed by atoms with Crippen molar-refractivity contribution in [2.24, 2.45) is 4.99 Å². The Morgan fingerprint density at radius 3 is 2.62 bits per heavy atom. The fourth-order valence-corrected chi connectivity index (χ4v) is 3.44. The number of benzene rings is 3. The van der Waals surface area contributed by atoms with Crippen molar-refractivity contribution in [2.75, 3.05) is 0 Å². The van der Waals surface area contributed by atoms with Gasteiger partial charge in [-0.1, -0.05) is 19.9 Å². The minimum atomic E-state index is -0.495. The Bertz CT molecular complexity index is 1320. The van der Waals surface area contributed by atoms with Crippen LogP contribution in [0.25, 0.3) is 22.6 Å². The molecule has 0 radical (unpaired) electrons. The number of nitrogens with zero attached hydrogens (tertiary/aromatic N) is 3. The van der Waals surface area contributed by atoms with Crippen LogP contribution < -0.4 is 0 Å². The van der Waals surface area contributed by atoms with Crippen LogP contribution in [0.1, 0.15) is 42.9 Å². The number of non-ortho nitro benzene ring substituents is 1. The summed E-state index contributed by atoms with van der Waals surface area (Å²) in [5.74, 6) is 0.967. The van der Waals surface area contributed by atoms with Gasteiger partial charge in [0.1, 0.15) is 11.3 Å². The highest BCUT2D eigenvalue weighted by Crippen LogP contribution is 2.30. The number of oxazole rings is 1. The zero-order chi connectivity index (χ0) is 22.8. The Balaban J connectivity index is 1.58. The van der Waals surface area contributed by atoms with Crippen molar-refractivity contribution in [3.63, 3.8) is 0 Å². The van der Waals surface area contributed by atoms with E-state index >= 15 is 0 Å². The largest absolute Gasteiger partial charge is 0.507 e. The number of fused-ring (bicyclic) bond motifs is 1. The number of rotatable bonds is 6. The van der Waals surface area contributed by atoms with Gasteiger partial charge in [0.25, 0.3) is 5.69 Å². The van der Waals surface area contributed by atoms with E-state index in [1.807, 2.05) is 18.2 Å². The van der Waals surface area contributed by atoms with Gasteiger partial charge in [0.15, 0.2) is 5.58 Å². The van der Waals surface area contributed by atoms with Crippen LogP contribution in [-0.4, -0.2) is 21.2 Å². The molecule has 1 aromatic heterocycles. The number of nitro groups is 1. The van der Waals surface area contributed by atoms with Gasteiger partial charge in [0, 0.05) is 29.5 Å². The first-order valence-electron chi connectivity index (χ1n) is 10.4. The lowest BCUT2D eigenvalue weighted by Gasteiger charge is -2.07. The van der Waals surface area contributed by atoms with Crippen LogP contribution >= 0.6 is 0 Å². The van der Waals surface area contributed by atoms with Gasteiger partial charge in [-0.3, -0.25) is 15.1 Å². The molecule has 7 nitrogen and oxygen atoms in total. The smallest absolute Gasteiger partial charge is 0.270 e. The maximum Gasteiger partial charge on any atom is 0.270 e. The number of nitro benzene ring substituents is 1. The van der Waals surface area contributed by atoms with Crippen molar-refractivity contribution in [1.29, 1.82) is 0 Å². The van der Waals surface area contributed by atoms with Crippen LogP contribution in [0.2, 0.25) is 0 Å². The molecule has 32 heavy (non-hydrogen) atoms. The first-order valence-corrected chi connectivity index (χ1v) is 10.4. The second-order valence-electron chi connectivity index (χ2n) is 7.82. The number of hydrogen-bond donors (Lipinski definition) is 1. The van der Waals surface area contributed by atoms with E-state index in [0.717, 1.165) is 23.1 Å². The number of aryl methyl sites for hydroxylation is 1. The van der Waals surface area contributed by atoms with Gasteiger partial charge in [-0.2, -0.15) is 0 Å². The third kappa shape index (κ3) is 4.23. The lowest BCUT2D eigenvalue weighted by molar-refractivity contribution is -0.384. The number of aliphatic imine (C=N–C) groups is 1. The molecular formula is C25H23N3O4. The van der Waals surface area contributed by atoms with Gasteiger partial charge in [0.05, 0.1) is 10.6 Å². The SMILES string of the molecule is CCC(C)c1ccc2oc(-c3ccc(N=Cc4cc([N+](=O)[O-])cc(C)c4O)cc3)nc2c1. The maximum absolute atomic E-state index is 11.1. The third-order valence-corrected chi connectivity index (χ3v) is 5.59. The average molecular weight is 429 g/mol. The minimum Gasteiger partial charge on any atom is -0.507 e. The van der Waals surface area contributed by atoms with Gasteiger partial charge >= 0.3 is 0 Å². The first kappa shape index (κ1) is 21.2. The summed E-state index contributed by atoms with van der Waals surface area (Å²) in [6.07, 6.45) is 2.48. The normalized spacial score (nSPS) is 12.5. The van der Waals surface area contributed by atoms with Crippen LogP contribution in [0.3, 0.4) is 0 Å². The van der Waals surface area contributed by atoms with Crippen molar-refractivity contribution in [3.8, 4) is 17.2 Å². The minimum absolute atomic E-state index is 0.0285.